The van der Waals surface area contributed by atoms with E-state index in [-0.39, 0.29) is 24.4 Å². The van der Waals surface area contributed by atoms with Crippen LogP contribution in [-0.4, -0.2) is 33.0 Å². The van der Waals surface area contributed by atoms with Gasteiger partial charge in [-0.05, 0) is 140 Å². The molecule has 5 nitrogen and oxygen atoms in total. The Morgan fingerprint density at radius 2 is 1.65 bits per heavy atom. The molecule has 1 spiro atoms. The lowest BCUT2D eigenvalue weighted by atomic mass is 9.55. The second-order valence-electron chi connectivity index (χ2n) is 18.0. The lowest BCUT2D eigenvalue weighted by molar-refractivity contribution is -0.145. The van der Waals surface area contributed by atoms with Gasteiger partial charge < -0.3 is 20.4 Å². The minimum atomic E-state index is -0.755. The molecule has 0 aromatic heterocycles. The normalized spacial score (nSPS) is 27.7. The average molecular weight is 771 g/mol. The Kier molecular flexibility index (Phi) is 13.8. The summed E-state index contributed by atoms with van der Waals surface area (Å²) in [5.74, 6) is 0.756. The fourth-order valence-corrected chi connectivity index (χ4v) is 11.2. The molecule has 4 aliphatic rings. The van der Waals surface area contributed by atoms with Crippen molar-refractivity contribution in [2.45, 2.75) is 134 Å². The molecule has 0 aliphatic heterocycles. The number of allylic oxidation sites excluding steroid dienone is 3. The van der Waals surface area contributed by atoms with Crippen molar-refractivity contribution in [3.63, 3.8) is 0 Å². The molecule has 1 saturated carbocycles. The highest BCUT2D eigenvalue weighted by molar-refractivity contribution is 5.73. The first-order chi connectivity index (χ1) is 27.8. The van der Waals surface area contributed by atoms with Gasteiger partial charge in [0.25, 0.3) is 0 Å². The predicted molar refractivity (Wildman–Crippen MR) is 232 cm³/mol. The number of aromatic hydroxyl groups is 1. The molecule has 0 unspecified atom stereocenters. The smallest absolute Gasteiger partial charge is 0.307 e. The molecule has 3 aromatic rings. The van der Waals surface area contributed by atoms with Gasteiger partial charge in [0, 0.05) is 16.6 Å². The number of rotatable bonds is 14. The number of aliphatic hydroxyl groups excluding tert-OH is 2. The van der Waals surface area contributed by atoms with E-state index in [1.807, 2.05) is 24.3 Å². The average Bonchev–Trinajstić information content (AvgIpc) is 3.69. The molecule has 7 rings (SSSR count). The molecule has 0 amide bonds. The number of unbranched alkanes of at least 4 members (excludes halogenated alkanes) is 5. The number of aliphatic carboxylic acids is 1. The first-order valence-electron chi connectivity index (χ1n) is 22.4. The van der Waals surface area contributed by atoms with E-state index in [0.29, 0.717) is 36.2 Å². The Hall–Kier alpha value is -4.09. The van der Waals surface area contributed by atoms with E-state index in [2.05, 4.69) is 73.7 Å². The molecule has 7 atom stereocenters. The van der Waals surface area contributed by atoms with Crippen LogP contribution in [0.4, 0.5) is 0 Å². The van der Waals surface area contributed by atoms with E-state index in [9.17, 15) is 25.2 Å². The molecule has 0 heterocycles. The number of benzene rings is 3. The summed E-state index contributed by atoms with van der Waals surface area (Å²) in [4.78, 5) is 13.4. The van der Waals surface area contributed by atoms with Gasteiger partial charge in [-0.3, -0.25) is 4.79 Å². The maximum absolute atomic E-state index is 13.4. The van der Waals surface area contributed by atoms with Crippen LogP contribution in [0.5, 0.6) is 5.75 Å². The summed E-state index contributed by atoms with van der Waals surface area (Å²) >= 11 is 0. The van der Waals surface area contributed by atoms with Gasteiger partial charge in [-0.25, -0.2) is 0 Å². The van der Waals surface area contributed by atoms with Gasteiger partial charge in [-0.2, -0.15) is 0 Å². The molecule has 2 bridgehead atoms. The van der Waals surface area contributed by atoms with E-state index in [4.69, 9.17) is 0 Å². The van der Waals surface area contributed by atoms with Crippen LogP contribution in [0, 0.1) is 29.6 Å². The SMILES string of the molecule is CCCCCc1cc([C@@H]2Cc3cccc(c3)[C@]3(CC[C@@H]4C=c5ccccc5=C(O)[C@@H]4C3)[C@H](C(=O)O)C/C=C/C[C@@H]2CCCCCC[C@@H]2C=C(CO)CC2)ccc1O. The number of aryl methyl sites for hydroxylation is 1. The first-order valence-corrected chi connectivity index (χ1v) is 22.4. The molecule has 0 radical (unpaired) electrons. The molecule has 1 fully saturated rings. The zero-order valence-corrected chi connectivity index (χ0v) is 34.3. The number of carbonyl (C=O) groups is 1. The Balaban J connectivity index is 1.19. The highest BCUT2D eigenvalue weighted by Gasteiger charge is 2.50. The number of fused-ring (bicyclic) bond motifs is 5. The number of hydrogen-bond donors (Lipinski definition) is 4. The second-order valence-corrected chi connectivity index (χ2v) is 18.0. The molecule has 5 heteroatoms. The summed E-state index contributed by atoms with van der Waals surface area (Å²) in [6.45, 7) is 2.42. The molecule has 4 aliphatic carbocycles. The third-order valence-electron chi connectivity index (χ3n) is 14.5. The van der Waals surface area contributed by atoms with Crippen LogP contribution in [0.3, 0.4) is 0 Å². The summed E-state index contributed by atoms with van der Waals surface area (Å²) in [6.07, 6.45) is 27.0. The standard InChI is InChI=1S/C52H66O5/c1-2-3-6-19-43-33-41(25-26-49(43)54)46-31-37-15-13-20-44(30-37)52(28-27-42-32-40-18-9-11-21-45(40)50(55)47(42)34-52)48(51(56)57)22-12-10-17-39(46)16-8-5-4-7-14-36-23-24-38(29-36)35-53/h9-13,15,18,20-21,25-26,29-30,32-33,36,39,42,46-48,53-55H,2-8,14,16-17,19,22-24,27-28,31,34-35H2,1H3,(H,56,57)/b12-10+/t36-,39-,42+,46+,47+,48-,52+/m0/s1. The second kappa shape index (κ2) is 19.1. The molecular formula is C52H66O5. The van der Waals surface area contributed by atoms with Gasteiger partial charge in [-0.15, -0.1) is 0 Å². The predicted octanol–water partition coefficient (Wildman–Crippen LogP) is 10.6. The molecule has 57 heavy (non-hydrogen) atoms. The number of hydrogen-bond acceptors (Lipinski definition) is 4. The lowest BCUT2D eigenvalue weighted by Crippen LogP contribution is -2.48. The fraction of sp³-hybridized carbons (Fsp3) is 0.519. The first kappa shape index (κ1) is 41.1. The van der Waals surface area contributed by atoms with Crippen molar-refractivity contribution in [2.75, 3.05) is 6.61 Å². The Morgan fingerprint density at radius 3 is 2.46 bits per heavy atom. The largest absolute Gasteiger partial charge is 0.511 e. The number of phenolic OH excluding ortho intramolecular Hbond substituents is 1. The Labute approximate surface area is 341 Å². The third kappa shape index (κ3) is 9.46. The van der Waals surface area contributed by atoms with Gasteiger partial charge >= 0.3 is 5.97 Å². The van der Waals surface area contributed by atoms with Gasteiger partial charge in [0.05, 0.1) is 12.5 Å². The van der Waals surface area contributed by atoms with E-state index in [0.717, 1.165) is 92.2 Å². The van der Waals surface area contributed by atoms with Crippen molar-refractivity contribution >= 4 is 17.8 Å². The maximum Gasteiger partial charge on any atom is 0.307 e. The van der Waals surface area contributed by atoms with E-state index in [1.165, 1.54) is 48.8 Å². The van der Waals surface area contributed by atoms with Crippen molar-refractivity contribution < 1.29 is 25.2 Å². The summed E-state index contributed by atoms with van der Waals surface area (Å²) in [5, 5.41) is 45.2. The number of carboxylic acids is 1. The van der Waals surface area contributed by atoms with Crippen molar-refractivity contribution in [3.05, 3.63) is 123 Å². The fourth-order valence-electron chi connectivity index (χ4n) is 11.2. The van der Waals surface area contributed by atoms with Crippen molar-refractivity contribution in [1.29, 1.82) is 0 Å². The number of carboxylic acid groups (broad SMARTS) is 1. The van der Waals surface area contributed by atoms with Crippen LogP contribution in [0.2, 0.25) is 0 Å². The van der Waals surface area contributed by atoms with Crippen molar-refractivity contribution in [2.24, 2.45) is 29.6 Å². The van der Waals surface area contributed by atoms with Gasteiger partial charge in [0.15, 0.2) is 0 Å². The zero-order valence-electron chi connectivity index (χ0n) is 34.3. The van der Waals surface area contributed by atoms with Crippen LogP contribution < -0.4 is 10.4 Å². The molecule has 0 saturated heterocycles. The Morgan fingerprint density at radius 1 is 0.825 bits per heavy atom. The van der Waals surface area contributed by atoms with Crippen LogP contribution in [0.1, 0.15) is 138 Å². The zero-order chi connectivity index (χ0) is 39.8. The minimum Gasteiger partial charge on any atom is -0.511 e. The lowest BCUT2D eigenvalue weighted by Gasteiger charge is -2.48. The van der Waals surface area contributed by atoms with E-state index < -0.39 is 17.3 Å². The van der Waals surface area contributed by atoms with Gasteiger partial charge in [0.2, 0.25) is 0 Å². The van der Waals surface area contributed by atoms with Crippen LogP contribution >= 0.6 is 0 Å². The maximum atomic E-state index is 13.4. The minimum absolute atomic E-state index is 0.121. The van der Waals surface area contributed by atoms with Crippen LogP contribution in [0.25, 0.3) is 11.8 Å². The highest BCUT2D eigenvalue weighted by atomic mass is 16.4. The summed E-state index contributed by atoms with van der Waals surface area (Å²) < 4.78 is 0. The summed E-state index contributed by atoms with van der Waals surface area (Å²) in [6, 6.07) is 23.3. The monoisotopic (exact) mass is 770 g/mol. The molecule has 4 N–H and O–H groups in total. The van der Waals surface area contributed by atoms with Crippen LogP contribution in [-0.2, 0) is 23.1 Å². The van der Waals surface area contributed by atoms with Crippen molar-refractivity contribution in [3.8, 4) is 5.75 Å². The topological polar surface area (TPSA) is 98.0 Å². The van der Waals surface area contributed by atoms with Crippen molar-refractivity contribution in [1.82, 2.24) is 0 Å². The Bertz CT molecular complexity index is 2030. The van der Waals surface area contributed by atoms with Gasteiger partial charge in [0.1, 0.15) is 11.5 Å². The molecule has 3 aromatic carbocycles. The molecular weight excluding hydrogens is 705 g/mol. The quantitative estimate of drug-likeness (QED) is 0.0967. The summed E-state index contributed by atoms with van der Waals surface area (Å²) in [5.41, 5.74) is 5.26. The van der Waals surface area contributed by atoms with E-state index >= 15 is 0 Å². The van der Waals surface area contributed by atoms with Crippen LogP contribution in [0.15, 0.2) is 90.5 Å². The number of phenols is 1. The third-order valence-corrected chi connectivity index (χ3v) is 14.5. The van der Waals surface area contributed by atoms with E-state index in [1.54, 1.807) is 0 Å². The number of aliphatic hydroxyl groups is 2. The summed E-state index contributed by atoms with van der Waals surface area (Å²) in [7, 11) is 0. The molecule has 304 valence electrons. The van der Waals surface area contributed by atoms with Gasteiger partial charge in [-0.1, -0.05) is 130 Å². The highest BCUT2D eigenvalue weighted by Crippen LogP contribution is 2.53.